The highest BCUT2D eigenvalue weighted by Crippen LogP contribution is 2.29. The third-order valence-corrected chi connectivity index (χ3v) is 3.71. The highest BCUT2D eigenvalue weighted by atomic mass is 79.9. The molecule has 19 heavy (non-hydrogen) atoms. The van der Waals surface area contributed by atoms with Crippen LogP contribution in [0.2, 0.25) is 0 Å². The molecule has 100 valence electrons. The Morgan fingerprint density at radius 2 is 1.84 bits per heavy atom. The van der Waals surface area contributed by atoms with Crippen molar-refractivity contribution in [3.8, 4) is 0 Å². The average molecular weight is 329 g/mol. The maximum absolute atomic E-state index is 13.6. The summed E-state index contributed by atoms with van der Waals surface area (Å²) in [5, 5.41) is 0. The third kappa shape index (κ3) is 3.38. The van der Waals surface area contributed by atoms with Crippen molar-refractivity contribution in [1.29, 1.82) is 0 Å². The number of benzene rings is 2. The summed E-state index contributed by atoms with van der Waals surface area (Å²) >= 11 is 3.39. The monoisotopic (exact) mass is 328 g/mol. The molecular formula is C15H12BrF3. The predicted octanol–water partition coefficient (Wildman–Crippen LogP) is 5.09. The van der Waals surface area contributed by atoms with Gasteiger partial charge in [0.05, 0.1) is 0 Å². The average Bonchev–Trinajstić information content (AvgIpc) is 2.33. The molecule has 2 aromatic carbocycles. The molecule has 0 aliphatic heterocycles. The van der Waals surface area contributed by atoms with Gasteiger partial charge in [0.2, 0.25) is 0 Å². The topological polar surface area (TPSA) is 0 Å². The van der Waals surface area contributed by atoms with Crippen LogP contribution in [0.25, 0.3) is 0 Å². The zero-order valence-corrected chi connectivity index (χ0v) is 11.8. The molecule has 0 heterocycles. The summed E-state index contributed by atoms with van der Waals surface area (Å²) in [7, 11) is 0. The van der Waals surface area contributed by atoms with E-state index in [1.165, 1.54) is 24.3 Å². The molecule has 0 saturated heterocycles. The maximum Gasteiger partial charge on any atom is 0.162 e. The van der Waals surface area contributed by atoms with Gasteiger partial charge in [-0.2, -0.15) is 0 Å². The van der Waals surface area contributed by atoms with Gasteiger partial charge >= 0.3 is 0 Å². The van der Waals surface area contributed by atoms with E-state index in [0.29, 0.717) is 5.56 Å². The van der Waals surface area contributed by atoms with Crippen molar-refractivity contribution in [3.63, 3.8) is 0 Å². The van der Waals surface area contributed by atoms with Crippen LogP contribution < -0.4 is 0 Å². The predicted molar refractivity (Wildman–Crippen MR) is 72.9 cm³/mol. The molecule has 0 aliphatic rings. The van der Waals surface area contributed by atoms with Crippen molar-refractivity contribution >= 4 is 15.9 Å². The number of hydrogen-bond acceptors (Lipinski definition) is 0. The van der Waals surface area contributed by atoms with Gasteiger partial charge in [-0.25, -0.2) is 13.2 Å². The minimum absolute atomic E-state index is 0.256. The molecule has 2 rings (SSSR count). The fraction of sp³-hybridized carbons (Fsp3) is 0.200. The quantitative estimate of drug-likeness (QED) is 0.688. The van der Waals surface area contributed by atoms with E-state index in [-0.39, 0.29) is 22.6 Å². The lowest BCUT2D eigenvalue weighted by atomic mass is 10.0. The van der Waals surface area contributed by atoms with Gasteiger partial charge < -0.3 is 0 Å². The van der Waals surface area contributed by atoms with Crippen LogP contribution in [0.4, 0.5) is 13.2 Å². The second-order valence-corrected chi connectivity index (χ2v) is 5.55. The SMILES string of the molecule is Cc1cc(F)cc(C(Br)Cc2cccc(F)c2F)c1. The van der Waals surface area contributed by atoms with Crippen LogP contribution in [-0.2, 0) is 6.42 Å². The van der Waals surface area contributed by atoms with Gasteiger partial charge in [0.15, 0.2) is 11.6 Å². The first-order valence-electron chi connectivity index (χ1n) is 5.81. The Morgan fingerprint density at radius 1 is 1.11 bits per heavy atom. The Balaban J connectivity index is 2.25. The van der Waals surface area contributed by atoms with E-state index in [2.05, 4.69) is 15.9 Å². The van der Waals surface area contributed by atoms with E-state index in [4.69, 9.17) is 0 Å². The number of alkyl halides is 1. The van der Waals surface area contributed by atoms with Crippen LogP contribution in [-0.4, -0.2) is 0 Å². The lowest BCUT2D eigenvalue weighted by Gasteiger charge is -2.12. The Kier molecular flexibility index (Phi) is 4.30. The van der Waals surface area contributed by atoms with Gasteiger partial charge in [0, 0.05) is 4.83 Å². The first kappa shape index (κ1) is 14.1. The molecule has 0 N–H and O–H groups in total. The summed E-state index contributed by atoms with van der Waals surface area (Å²) < 4.78 is 40.0. The molecule has 0 aliphatic carbocycles. The van der Waals surface area contributed by atoms with E-state index in [9.17, 15) is 13.2 Å². The molecule has 0 bridgehead atoms. The van der Waals surface area contributed by atoms with Gasteiger partial charge in [-0.05, 0) is 48.2 Å². The van der Waals surface area contributed by atoms with Crippen LogP contribution >= 0.6 is 15.9 Å². The number of rotatable bonds is 3. The van der Waals surface area contributed by atoms with Gasteiger partial charge in [-0.3, -0.25) is 0 Å². The van der Waals surface area contributed by atoms with Crippen molar-refractivity contribution in [2.75, 3.05) is 0 Å². The molecule has 0 amide bonds. The standard InChI is InChI=1S/C15H12BrF3/c1-9-5-11(7-12(17)6-9)13(16)8-10-3-2-4-14(18)15(10)19/h2-7,13H,8H2,1H3. The van der Waals surface area contributed by atoms with Crippen molar-refractivity contribution in [2.24, 2.45) is 0 Å². The molecule has 0 radical (unpaired) electrons. The van der Waals surface area contributed by atoms with Crippen LogP contribution in [0.15, 0.2) is 36.4 Å². The van der Waals surface area contributed by atoms with Crippen LogP contribution in [0.5, 0.6) is 0 Å². The van der Waals surface area contributed by atoms with Crippen LogP contribution in [0.1, 0.15) is 21.5 Å². The molecule has 2 aromatic rings. The van der Waals surface area contributed by atoms with Crippen molar-refractivity contribution in [3.05, 3.63) is 70.5 Å². The Labute approximate surface area is 118 Å². The molecule has 0 spiro atoms. The first-order valence-corrected chi connectivity index (χ1v) is 6.73. The zero-order chi connectivity index (χ0) is 14.0. The molecule has 4 heteroatoms. The lowest BCUT2D eigenvalue weighted by molar-refractivity contribution is 0.498. The fourth-order valence-electron chi connectivity index (χ4n) is 1.96. The Morgan fingerprint density at radius 3 is 2.53 bits per heavy atom. The van der Waals surface area contributed by atoms with Gasteiger partial charge in [-0.1, -0.05) is 34.1 Å². The molecule has 0 fully saturated rings. The van der Waals surface area contributed by atoms with Crippen molar-refractivity contribution in [2.45, 2.75) is 18.2 Å². The van der Waals surface area contributed by atoms with E-state index in [1.54, 1.807) is 6.92 Å². The molecular weight excluding hydrogens is 317 g/mol. The Bertz CT molecular complexity index is 576. The summed E-state index contributed by atoms with van der Waals surface area (Å²) in [6, 6.07) is 8.70. The molecule has 0 nitrogen and oxygen atoms in total. The molecule has 1 unspecified atom stereocenters. The number of aryl methyl sites for hydroxylation is 1. The summed E-state index contributed by atoms with van der Waals surface area (Å²) in [4.78, 5) is -0.266. The van der Waals surface area contributed by atoms with Gasteiger partial charge in [-0.15, -0.1) is 0 Å². The lowest BCUT2D eigenvalue weighted by Crippen LogP contribution is -2.01. The van der Waals surface area contributed by atoms with E-state index in [1.807, 2.05) is 6.07 Å². The minimum Gasteiger partial charge on any atom is -0.207 e. The third-order valence-electron chi connectivity index (χ3n) is 2.86. The van der Waals surface area contributed by atoms with Crippen molar-refractivity contribution < 1.29 is 13.2 Å². The van der Waals surface area contributed by atoms with Crippen molar-refractivity contribution in [1.82, 2.24) is 0 Å². The fourth-order valence-corrected chi connectivity index (χ4v) is 2.58. The Hall–Kier alpha value is -1.29. The summed E-state index contributed by atoms with van der Waals surface area (Å²) in [6.07, 6.45) is 0.256. The largest absolute Gasteiger partial charge is 0.207 e. The minimum atomic E-state index is -0.868. The summed E-state index contributed by atoms with van der Waals surface area (Å²) in [5.74, 6) is -2.05. The van der Waals surface area contributed by atoms with E-state index < -0.39 is 11.6 Å². The smallest absolute Gasteiger partial charge is 0.162 e. The summed E-state index contributed by atoms with van der Waals surface area (Å²) in [5.41, 5.74) is 1.77. The second kappa shape index (κ2) is 5.78. The molecule has 0 saturated carbocycles. The van der Waals surface area contributed by atoms with Gasteiger partial charge in [0.25, 0.3) is 0 Å². The maximum atomic E-state index is 13.6. The molecule has 0 aromatic heterocycles. The molecule has 1 atom stereocenters. The van der Waals surface area contributed by atoms with Crippen LogP contribution in [0.3, 0.4) is 0 Å². The second-order valence-electron chi connectivity index (χ2n) is 4.45. The first-order chi connectivity index (χ1) is 8.97. The summed E-state index contributed by atoms with van der Waals surface area (Å²) in [6.45, 7) is 1.79. The van der Waals surface area contributed by atoms with Crippen LogP contribution in [0, 0.1) is 24.4 Å². The number of hydrogen-bond donors (Lipinski definition) is 0. The van der Waals surface area contributed by atoms with E-state index in [0.717, 1.165) is 11.6 Å². The highest BCUT2D eigenvalue weighted by molar-refractivity contribution is 9.09. The highest BCUT2D eigenvalue weighted by Gasteiger charge is 2.14. The normalized spacial score (nSPS) is 12.5. The number of halogens is 4. The zero-order valence-electron chi connectivity index (χ0n) is 10.3. The van der Waals surface area contributed by atoms with E-state index >= 15 is 0 Å². The van der Waals surface area contributed by atoms with Gasteiger partial charge in [0.1, 0.15) is 5.82 Å².